The van der Waals surface area contributed by atoms with Crippen molar-refractivity contribution < 1.29 is 23.8 Å². The van der Waals surface area contributed by atoms with Crippen LogP contribution >= 0.6 is 11.6 Å². The molecular weight excluding hydrogens is 370 g/mol. The monoisotopic (exact) mass is 389 g/mol. The van der Waals surface area contributed by atoms with Crippen LogP contribution in [0.15, 0.2) is 42.5 Å². The third kappa shape index (κ3) is 6.04. The van der Waals surface area contributed by atoms with Crippen molar-refractivity contribution in [3.8, 4) is 11.5 Å². The Morgan fingerprint density at radius 1 is 1.11 bits per heavy atom. The zero-order valence-electron chi connectivity index (χ0n) is 15.2. The van der Waals surface area contributed by atoms with Crippen molar-refractivity contribution in [2.45, 2.75) is 6.92 Å². The van der Waals surface area contributed by atoms with Crippen LogP contribution in [0.4, 0.5) is 5.69 Å². The highest BCUT2D eigenvalue weighted by molar-refractivity contribution is 6.31. The van der Waals surface area contributed by atoms with Gasteiger partial charge in [-0.1, -0.05) is 23.7 Å². The van der Waals surface area contributed by atoms with E-state index in [2.05, 4.69) is 10.1 Å². The van der Waals surface area contributed by atoms with E-state index >= 15 is 0 Å². The number of anilines is 1. The van der Waals surface area contributed by atoms with Crippen LogP contribution in [0.5, 0.6) is 11.5 Å². The molecule has 0 atom stereocenters. The maximum atomic E-state index is 12.1. The van der Waals surface area contributed by atoms with E-state index in [1.807, 2.05) is 13.0 Å². The van der Waals surface area contributed by atoms with Gasteiger partial charge < -0.3 is 19.5 Å². The van der Waals surface area contributed by atoms with Gasteiger partial charge >= 0.3 is 5.97 Å². The van der Waals surface area contributed by atoms with E-state index in [0.717, 1.165) is 11.1 Å². The molecule has 0 bridgehead atoms. The van der Waals surface area contributed by atoms with Gasteiger partial charge in [-0.3, -0.25) is 4.79 Å². The summed E-state index contributed by atoms with van der Waals surface area (Å²) in [5.74, 6) is 0.0619. The Balaban J connectivity index is 1.99. The molecule has 0 saturated carbocycles. The lowest BCUT2D eigenvalue weighted by atomic mass is 10.2. The number of benzene rings is 2. The highest BCUT2D eigenvalue weighted by Crippen LogP contribution is 2.28. The van der Waals surface area contributed by atoms with E-state index < -0.39 is 5.97 Å². The Kier molecular flexibility index (Phi) is 7.25. The number of rotatable bonds is 7. The van der Waals surface area contributed by atoms with Gasteiger partial charge in [-0.2, -0.15) is 0 Å². The molecule has 1 N–H and O–H groups in total. The van der Waals surface area contributed by atoms with Crippen LogP contribution in [-0.2, 0) is 14.3 Å². The molecule has 142 valence electrons. The minimum atomic E-state index is -0.456. The molecule has 27 heavy (non-hydrogen) atoms. The van der Waals surface area contributed by atoms with Crippen molar-refractivity contribution >= 4 is 35.2 Å². The second-order valence-electron chi connectivity index (χ2n) is 5.57. The van der Waals surface area contributed by atoms with Gasteiger partial charge in [0.1, 0.15) is 0 Å². The summed E-state index contributed by atoms with van der Waals surface area (Å²) in [6, 6.07) is 10.3. The van der Waals surface area contributed by atoms with Crippen molar-refractivity contribution in [3.05, 3.63) is 58.6 Å². The fourth-order valence-corrected chi connectivity index (χ4v) is 2.33. The summed E-state index contributed by atoms with van der Waals surface area (Å²) >= 11 is 6.05. The molecule has 0 spiro atoms. The average Bonchev–Trinajstić information content (AvgIpc) is 2.67. The molecule has 1 amide bonds. The Bertz CT molecular complexity index is 863. The maximum Gasteiger partial charge on any atom is 0.330 e. The summed E-state index contributed by atoms with van der Waals surface area (Å²) in [6.07, 6.45) is 2.89. The quantitative estimate of drug-likeness (QED) is 0.575. The second kappa shape index (κ2) is 9.64. The highest BCUT2D eigenvalue weighted by atomic mass is 35.5. The average molecular weight is 390 g/mol. The fourth-order valence-electron chi connectivity index (χ4n) is 2.15. The zero-order valence-corrected chi connectivity index (χ0v) is 16.0. The number of hydrogen-bond donors (Lipinski definition) is 1. The molecule has 0 aromatic heterocycles. The third-order valence-electron chi connectivity index (χ3n) is 3.62. The van der Waals surface area contributed by atoms with Crippen LogP contribution in [0.25, 0.3) is 6.08 Å². The number of esters is 1. The van der Waals surface area contributed by atoms with Gasteiger partial charge in [0.2, 0.25) is 0 Å². The molecule has 2 aromatic rings. The topological polar surface area (TPSA) is 73.9 Å². The van der Waals surface area contributed by atoms with Gasteiger partial charge in [0.05, 0.1) is 14.2 Å². The molecular formula is C20H20ClNO5. The molecule has 0 unspecified atom stereocenters. The van der Waals surface area contributed by atoms with E-state index in [9.17, 15) is 9.59 Å². The van der Waals surface area contributed by atoms with Crippen molar-refractivity contribution in [2.24, 2.45) is 0 Å². The summed E-state index contributed by atoms with van der Waals surface area (Å²) in [5, 5.41) is 3.29. The summed E-state index contributed by atoms with van der Waals surface area (Å²) in [5.41, 5.74) is 2.25. The lowest BCUT2D eigenvalue weighted by molar-refractivity contribution is -0.134. The van der Waals surface area contributed by atoms with E-state index in [1.165, 1.54) is 20.3 Å². The normalized spacial score (nSPS) is 10.5. The first-order valence-corrected chi connectivity index (χ1v) is 8.43. The van der Waals surface area contributed by atoms with Crippen LogP contribution in [0, 0.1) is 6.92 Å². The van der Waals surface area contributed by atoms with Crippen LogP contribution in [0.3, 0.4) is 0 Å². The molecule has 0 heterocycles. The van der Waals surface area contributed by atoms with Gasteiger partial charge in [0.15, 0.2) is 18.1 Å². The maximum absolute atomic E-state index is 12.1. The first-order chi connectivity index (χ1) is 12.9. The first-order valence-electron chi connectivity index (χ1n) is 8.06. The van der Waals surface area contributed by atoms with Gasteiger partial charge in [0.25, 0.3) is 5.91 Å². The molecule has 0 aliphatic carbocycles. The standard InChI is InChI=1S/C20H20ClNO5/c1-13-4-7-15(11-16(13)21)22-19(23)12-27-17-8-5-14(10-18(17)25-2)6-9-20(24)26-3/h4-11H,12H2,1-3H3,(H,22,23)/b9-6+. The lowest BCUT2D eigenvalue weighted by Gasteiger charge is -2.12. The van der Waals surface area contributed by atoms with Gasteiger partial charge in [-0.25, -0.2) is 4.79 Å². The highest BCUT2D eigenvalue weighted by Gasteiger charge is 2.09. The molecule has 0 saturated heterocycles. The lowest BCUT2D eigenvalue weighted by Crippen LogP contribution is -2.20. The molecule has 0 fully saturated rings. The Morgan fingerprint density at radius 2 is 1.89 bits per heavy atom. The summed E-state index contributed by atoms with van der Waals surface area (Å²) in [7, 11) is 2.80. The number of halogens is 1. The van der Waals surface area contributed by atoms with E-state index in [4.69, 9.17) is 21.1 Å². The number of amides is 1. The Hall–Kier alpha value is -2.99. The largest absolute Gasteiger partial charge is 0.493 e. The SMILES string of the molecule is COC(=O)/C=C/c1ccc(OCC(=O)Nc2ccc(C)c(Cl)c2)c(OC)c1. The van der Waals surface area contributed by atoms with Crippen molar-refractivity contribution in [1.29, 1.82) is 0 Å². The number of hydrogen-bond acceptors (Lipinski definition) is 5. The third-order valence-corrected chi connectivity index (χ3v) is 4.02. The van der Waals surface area contributed by atoms with E-state index in [-0.39, 0.29) is 12.5 Å². The van der Waals surface area contributed by atoms with Crippen LogP contribution in [-0.4, -0.2) is 32.7 Å². The fraction of sp³-hybridized carbons (Fsp3) is 0.200. The van der Waals surface area contributed by atoms with Gasteiger partial charge in [-0.05, 0) is 48.4 Å². The molecule has 0 aliphatic rings. The van der Waals surface area contributed by atoms with Crippen molar-refractivity contribution in [3.63, 3.8) is 0 Å². The number of methoxy groups -OCH3 is 2. The number of carbonyl (C=O) groups excluding carboxylic acids is 2. The van der Waals surface area contributed by atoms with E-state index in [1.54, 1.807) is 36.4 Å². The van der Waals surface area contributed by atoms with Crippen LogP contribution in [0.1, 0.15) is 11.1 Å². The number of ether oxygens (including phenoxy) is 3. The van der Waals surface area contributed by atoms with Crippen molar-refractivity contribution in [2.75, 3.05) is 26.1 Å². The van der Waals surface area contributed by atoms with Crippen LogP contribution < -0.4 is 14.8 Å². The molecule has 7 heteroatoms. The first kappa shape index (κ1) is 20.3. The Labute approximate surface area is 162 Å². The molecule has 0 radical (unpaired) electrons. The van der Waals surface area contributed by atoms with Crippen LogP contribution in [0.2, 0.25) is 5.02 Å². The number of carbonyl (C=O) groups is 2. The minimum absolute atomic E-state index is 0.195. The molecule has 2 rings (SSSR count). The Morgan fingerprint density at radius 3 is 2.56 bits per heavy atom. The van der Waals surface area contributed by atoms with Crippen molar-refractivity contribution in [1.82, 2.24) is 0 Å². The minimum Gasteiger partial charge on any atom is -0.493 e. The number of aryl methyl sites for hydroxylation is 1. The predicted octanol–water partition coefficient (Wildman–Crippen LogP) is 3.86. The summed E-state index contributed by atoms with van der Waals surface area (Å²) in [4.78, 5) is 23.2. The summed E-state index contributed by atoms with van der Waals surface area (Å²) < 4.78 is 15.4. The number of nitrogens with one attached hydrogen (secondary N) is 1. The zero-order chi connectivity index (χ0) is 19.8. The van der Waals surface area contributed by atoms with Gasteiger partial charge in [0, 0.05) is 16.8 Å². The second-order valence-corrected chi connectivity index (χ2v) is 5.97. The molecule has 0 aliphatic heterocycles. The van der Waals surface area contributed by atoms with E-state index in [0.29, 0.717) is 22.2 Å². The molecule has 6 nitrogen and oxygen atoms in total. The predicted molar refractivity (Wildman–Crippen MR) is 104 cm³/mol. The molecule has 2 aromatic carbocycles. The smallest absolute Gasteiger partial charge is 0.330 e. The summed E-state index contributed by atoms with van der Waals surface area (Å²) in [6.45, 7) is 1.69. The van der Waals surface area contributed by atoms with Gasteiger partial charge in [-0.15, -0.1) is 0 Å².